The molecule has 12 heteroatoms. The van der Waals surface area contributed by atoms with Gasteiger partial charge in [0.05, 0.1) is 22.9 Å². The molecule has 6 rings (SSSR count). The average Bonchev–Trinajstić information content (AvgIpc) is 3.66. The molecule has 2 aliphatic carbocycles. The van der Waals surface area contributed by atoms with Gasteiger partial charge in [-0.25, -0.2) is 19.4 Å². The van der Waals surface area contributed by atoms with E-state index in [1.54, 1.807) is 9.58 Å². The van der Waals surface area contributed by atoms with E-state index in [9.17, 15) is 14.9 Å². The van der Waals surface area contributed by atoms with Crippen molar-refractivity contribution in [3.05, 3.63) is 22.2 Å². The first-order valence-electron chi connectivity index (χ1n) is 14.4. The standard InChI is InChI=1S/C29H34ClN7O4/c1-16(19-10-8-14-36(19)27(39)40-28(2,3)4)37-26-21(18(15-31)34-37)24(30)32-25(33-26)22-17-9-7-13-29(23(17)41-35-22)12-6-5-11-20(29)38/h16,19H,5-14H2,1-4H3/t16-,19-,29+/m0/s1. The molecule has 11 nitrogen and oxygen atoms in total. The van der Waals surface area contributed by atoms with Crippen LogP contribution in [0.25, 0.3) is 22.6 Å². The molecule has 1 spiro atoms. The van der Waals surface area contributed by atoms with Crippen LogP contribution in [0.1, 0.15) is 102 Å². The van der Waals surface area contributed by atoms with Crippen LogP contribution in [0.3, 0.4) is 0 Å². The highest BCUT2D eigenvalue weighted by Gasteiger charge is 2.48. The van der Waals surface area contributed by atoms with E-state index < -0.39 is 11.0 Å². The number of halogens is 1. The number of nitrogens with zero attached hydrogens (tertiary/aromatic N) is 7. The van der Waals surface area contributed by atoms with Crippen LogP contribution in [0.15, 0.2) is 4.52 Å². The molecular formula is C29H34ClN7O4. The van der Waals surface area contributed by atoms with Crippen LogP contribution in [0.4, 0.5) is 4.79 Å². The monoisotopic (exact) mass is 579 g/mol. The second-order valence-corrected chi connectivity index (χ2v) is 12.8. The minimum absolute atomic E-state index is 0.0893. The summed E-state index contributed by atoms with van der Waals surface area (Å²) in [5, 5.41) is 19.3. The molecule has 3 aromatic rings. The Bertz CT molecular complexity index is 1580. The summed E-state index contributed by atoms with van der Waals surface area (Å²) in [6.45, 7) is 8.05. The first-order valence-corrected chi connectivity index (χ1v) is 14.8. The zero-order valence-electron chi connectivity index (χ0n) is 23.9. The van der Waals surface area contributed by atoms with Crippen molar-refractivity contribution >= 4 is 34.5 Å². The first-order chi connectivity index (χ1) is 19.5. The van der Waals surface area contributed by atoms with Crippen molar-refractivity contribution in [3.8, 4) is 17.6 Å². The fraction of sp³-hybridized carbons (Fsp3) is 0.621. The molecule has 1 amide bonds. The molecule has 1 saturated carbocycles. The Morgan fingerprint density at radius 1 is 1.20 bits per heavy atom. The van der Waals surface area contributed by atoms with Crippen LogP contribution in [0.5, 0.6) is 0 Å². The van der Waals surface area contributed by atoms with Crippen molar-refractivity contribution in [1.82, 2.24) is 29.8 Å². The zero-order valence-corrected chi connectivity index (χ0v) is 24.6. The van der Waals surface area contributed by atoms with E-state index in [1.807, 2.05) is 27.7 Å². The summed E-state index contributed by atoms with van der Waals surface area (Å²) in [6, 6.07) is 1.57. The van der Waals surface area contributed by atoms with Gasteiger partial charge in [-0.3, -0.25) is 4.79 Å². The number of hydrogen-bond acceptors (Lipinski definition) is 9. The maximum absolute atomic E-state index is 13.1. The van der Waals surface area contributed by atoms with Gasteiger partial charge in [-0.2, -0.15) is 10.4 Å². The minimum atomic E-state index is -0.622. The largest absolute Gasteiger partial charge is 0.444 e. The third kappa shape index (κ3) is 4.56. The lowest BCUT2D eigenvalue weighted by Gasteiger charge is -2.36. The van der Waals surface area contributed by atoms with E-state index in [-0.39, 0.29) is 40.6 Å². The van der Waals surface area contributed by atoms with Crippen molar-refractivity contribution in [2.45, 2.75) is 109 Å². The molecule has 3 aliphatic rings. The van der Waals surface area contributed by atoms with Crippen molar-refractivity contribution in [3.63, 3.8) is 0 Å². The Morgan fingerprint density at radius 3 is 2.71 bits per heavy atom. The molecule has 0 aromatic carbocycles. The number of ether oxygens (including phenoxy) is 1. The summed E-state index contributed by atoms with van der Waals surface area (Å²) in [7, 11) is 0. The van der Waals surface area contributed by atoms with Crippen LogP contribution >= 0.6 is 11.6 Å². The molecule has 3 aromatic heterocycles. The number of fused-ring (bicyclic) bond motifs is 3. The average molecular weight is 580 g/mol. The van der Waals surface area contributed by atoms with Gasteiger partial charge in [0.15, 0.2) is 28.6 Å². The number of nitriles is 1. The Labute approximate surface area is 243 Å². The van der Waals surface area contributed by atoms with E-state index in [0.29, 0.717) is 41.9 Å². The summed E-state index contributed by atoms with van der Waals surface area (Å²) in [6.07, 6.45) is 6.71. The van der Waals surface area contributed by atoms with Gasteiger partial charge >= 0.3 is 6.09 Å². The fourth-order valence-electron chi connectivity index (χ4n) is 6.84. The molecule has 2 fully saturated rings. The maximum atomic E-state index is 13.1. The topological polar surface area (TPSA) is 140 Å². The smallest absolute Gasteiger partial charge is 0.410 e. The normalized spacial score (nSPS) is 23.6. The predicted molar refractivity (Wildman–Crippen MR) is 149 cm³/mol. The molecule has 0 radical (unpaired) electrons. The van der Waals surface area contributed by atoms with Gasteiger partial charge in [-0.1, -0.05) is 23.2 Å². The van der Waals surface area contributed by atoms with Gasteiger partial charge in [0.25, 0.3) is 0 Å². The van der Waals surface area contributed by atoms with Gasteiger partial charge in [0, 0.05) is 18.5 Å². The van der Waals surface area contributed by atoms with E-state index in [4.69, 9.17) is 25.8 Å². The molecule has 3 atom stereocenters. The van der Waals surface area contributed by atoms with Crippen molar-refractivity contribution in [2.24, 2.45) is 0 Å². The Morgan fingerprint density at radius 2 is 1.98 bits per heavy atom. The maximum Gasteiger partial charge on any atom is 0.410 e. The molecule has 216 valence electrons. The number of carbonyl (C=O) groups excluding carboxylic acids is 2. The van der Waals surface area contributed by atoms with Gasteiger partial charge in [-0.05, 0) is 72.6 Å². The lowest BCUT2D eigenvalue weighted by atomic mass is 9.64. The number of carbonyl (C=O) groups is 2. The minimum Gasteiger partial charge on any atom is -0.444 e. The molecule has 0 N–H and O–H groups in total. The zero-order chi connectivity index (χ0) is 29.1. The summed E-state index contributed by atoms with van der Waals surface area (Å²) in [5.41, 5.74) is 0.579. The molecule has 41 heavy (non-hydrogen) atoms. The lowest BCUT2D eigenvalue weighted by molar-refractivity contribution is -0.128. The van der Waals surface area contributed by atoms with E-state index in [2.05, 4.69) is 21.3 Å². The second kappa shape index (κ2) is 10.1. The summed E-state index contributed by atoms with van der Waals surface area (Å²) in [5.74, 6) is 1.13. The van der Waals surface area contributed by atoms with Gasteiger partial charge in [0.1, 0.15) is 22.6 Å². The lowest BCUT2D eigenvalue weighted by Crippen LogP contribution is -2.43. The SMILES string of the molecule is C[C@@H]([C@@H]1CCCN1C(=O)OC(C)(C)C)n1nc(C#N)c2c(Cl)nc(-c3noc4c3CCC[C@@]43CCCCC3=O)nc21. The Hall–Kier alpha value is -3.52. The van der Waals surface area contributed by atoms with Crippen molar-refractivity contribution < 1.29 is 18.8 Å². The van der Waals surface area contributed by atoms with Gasteiger partial charge in [-0.15, -0.1) is 0 Å². The summed E-state index contributed by atoms with van der Waals surface area (Å²) < 4.78 is 13.2. The van der Waals surface area contributed by atoms with Crippen LogP contribution in [-0.4, -0.2) is 59.9 Å². The number of rotatable bonds is 3. The number of ketones is 1. The number of Topliss-reactive ketones (excluding diaryl/α,β-unsaturated/α-hetero) is 1. The van der Waals surface area contributed by atoms with Crippen molar-refractivity contribution in [1.29, 1.82) is 5.26 Å². The third-order valence-electron chi connectivity index (χ3n) is 8.74. The van der Waals surface area contributed by atoms with Crippen LogP contribution < -0.4 is 0 Å². The van der Waals surface area contributed by atoms with E-state index in [1.165, 1.54) is 0 Å². The Balaban J connectivity index is 1.42. The highest BCUT2D eigenvalue weighted by Crippen LogP contribution is 2.47. The third-order valence-corrected chi connectivity index (χ3v) is 9.01. The second-order valence-electron chi connectivity index (χ2n) is 12.5. The summed E-state index contributed by atoms with van der Waals surface area (Å²) >= 11 is 6.69. The molecule has 1 saturated heterocycles. The van der Waals surface area contributed by atoms with E-state index >= 15 is 0 Å². The highest BCUT2D eigenvalue weighted by atomic mass is 35.5. The fourth-order valence-corrected chi connectivity index (χ4v) is 7.09. The van der Waals surface area contributed by atoms with Gasteiger partial charge < -0.3 is 14.2 Å². The molecule has 0 bridgehead atoms. The van der Waals surface area contributed by atoms with E-state index in [0.717, 1.165) is 50.5 Å². The Kier molecular flexibility index (Phi) is 6.80. The number of amides is 1. The number of aromatic nitrogens is 5. The number of likely N-dealkylation sites (tertiary alicyclic amines) is 1. The van der Waals surface area contributed by atoms with Crippen LogP contribution in [0.2, 0.25) is 5.15 Å². The molecular weight excluding hydrogens is 546 g/mol. The summed E-state index contributed by atoms with van der Waals surface area (Å²) in [4.78, 5) is 37.2. The number of hydrogen-bond donors (Lipinski definition) is 0. The molecule has 0 unspecified atom stereocenters. The van der Waals surface area contributed by atoms with Crippen LogP contribution in [0, 0.1) is 11.3 Å². The first kappa shape index (κ1) is 27.6. The van der Waals surface area contributed by atoms with Gasteiger partial charge in [0.2, 0.25) is 0 Å². The quantitative estimate of drug-likeness (QED) is 0.358. The van der Waals surface area contributed by atoms with Crippen LogP contribution in [-0.2, 0) is 21.4 Å². The highest BCUT2D eigenvalue weighted by molar-refractivity contribution is 6.34. The molecule has 1 aliphatic heterocycles. The molecule has 4 heterocycles. The predicted octanol–water partition coefficient (Wildman–Crippen LogP) is 5.68. The van der Waals surface area contributed by atoms with Crippen molar-refractivity contribution in [2.75, 3.05) is 6.54 Å².